The van der Waals surface area contributed by atoms with E-state index in [9.17, 15) is 4.79 Å². The average molecular weight is 317 g/mol. The van der Waals surface area contributed by atoms with Crippen molar-refractivity contribution in [3.63, 3.8) is 0 Å². The fourth-order valence-corrected chi connectivity index (χ4v) is 3.70. The highest BCUT2D eigenvalue weighted by Gasteiger charge is 2.24. The van der Waals surface area contributed by atoms with E-state index in [0.29, 0.717) is 23.6 Å². The Morgan fingerprint density at radius 2 is 1.91 bits per heavy atom. The Balaban J connectivity index is 1.89. The van der Waals surface area contributed by atoms with Crippen LogP contribution in [0.1, 0.15) is 26.4 Å². The van der Waals surface area contributed by atoms with Gasteiger partial charge in [0.25, 0.3) is 5.91 Å². The summed E-state index contributed by atoms with van der Waals surface area (Å²) in [5, 5.41) is 2.09. The molecule has 1 aliphatic rings. The molecule has 1 aromatic carbocycles. The van der Waals surface area contributed by atoms with Crippen molar-refractivity contribution >= 4 is 17.2 Å². The van der Waals surface area contributed by atoms with Crippen molar-refractivity contribution in [2.75, 3.05) is 20.8 Å². The number of amides is 1. The maximum atomic E-state index is 12.8. The molecule has 2 heterocycles. The van der Waals surface area contributed by atoms with Crippen LogP contribution in [0.3, 0.4) is 0 Å². The third kappa shape index (κ3) is 2.57. The minimum atomic E-state index is 0.0217. The van der Waals surface area contributed by atoms with Crippen LogP contribution in [0, 0.1) is 6.92 Å². The van der Waals surface area contributed by atoms with Gasteiger partial charge in [0.15, 0.2) is 0 Å². The van der Waals surface area contributed by atoms with Crippen molar-refractivity contribution in [1.29, 1.82) is 0 Å². The number of fused-ring (bicyclic) bond motifs is 1. The number of carbonyl (C=O) groups excluding carboxylic acids is 1. The maximum absolute atomic E-state index is 12.8. The van der Waals surface area contributed by atoms with Crippen LogP contribution >= 0.6 is 11.3 Å². The lowest BCUT2D eigenvalue weighted by molar-refractivity contribution is 0.0735. The lowest BCUT2D eigenvalue weighted by Crippen LogP contribution is -2.35. The number of nitrogens with zero attached hydrogens (tertiary/aromatic N) is 1. The molecule has 0 bridgehead atoms. The fraction of sp³-hybridized carbons (Fsp3) is 0.353. The van der Waals surface area contributed by atoms with Gasteiger partial charge >= 0.3 is 0 Å². The van der Waals surface area contributed by atoms with Gasteiger partial charge in [-0.05, 0) is 42.5 Å². The van der Waals surface area contributed by atoms with E-state index in [4.69, 9.17) is 9.47 Å². The number of benzene rings is 1. The number of carbonyl (C=O) groups is 1. The predicted molar refractivity (Wildman–Crippen MR) is 87.0 cm³/mol. The van der Waals surface area contributed by atoms with Crippen LogP contribution in [0.2, 0.25) is 0 Å². The summed E-state index contributed by atoms with van der Waals surface area (Å²) >= 11 is 1.77. The molecule has 3 rings (SSSR count). The Morgan fingerprint density at radius 3 is 2.55 bits per heavy atom. The number of ether oxygens (including phenoxy) is 2. The zero-order chi connectivity index (χ0) is 15.7. The highest BCUT2D eigenvalue weighted by atomic mass is 32.1. The lowest BCUT2D eigenvalue weighted by atomic mass is 10.1. The summed E-state index contributed by atoms with van der Waals surface area (Å²) in [5.41, 5.74) is 2.77. The second kappa shape index (κ2) is 6.01. The lowest BCUT2D eigenvalue weighted by Gasteiger charge is -2.27. The molecule has 4 nitrogen and oxygen atoms in total. The summed E-state index contributed by atoms with van der Waals surface area (Å²) in [7, 11) is 3.21. The van der Waals surface area contributed by atoms with Crippen LogP contribution in [0.5, 0.6) is 11.5 Å². The minimum Gasteiger partial charge on any atom is -0.496 e. The smallest absolute Gasteiger partial charge is 0.254 e. The second-order valence-electron chi connectivity index (χ2n) is 5.35. The third-order valence-corrected chi connectivity index (χ3v) is 5.12. The normalized spacial score (nSPS) is 13.7. The molecule has 1 aromatic heterocycles. The summed E-state index contributed by atoms with van der Waals surface area (Å²) in [6.07, 6.45) is 0.929. The number of rotatable bonds is 3. The van der Waals surface area contributed by atoms with E-state index < -0.39 is 0 Å². The van der Waals surface area contributed by atoms with Crippen molar-refractivity contribution in [3.8, 4) is 11.5 Å². The monoisotopic (exact) mass is 317 g/mol. The van der Waals surface area contributed by atoms with Crippen LogP contribution < -0.4 is 9.47 Å². The van der Waals surface area contributed by atoms with Gasteiger partial charge in [0.1, 0.15) is 11.5 Å². The van der Waals surface area contributed by atoms with Crippen molar-refractivity contribution < 1.29 is 14.3 Å². The molecule has 0 saturated carbocycles. The summed E-state index contributed by atoms with van der Waals surface area (Å²) in [5.74, 6) is 1.38. The van der Waals surface area contributed by atoms with Crippen molar-refractivity contribution in [3.05, 3.63) is 45.1 Å². The van der Waals surface area contributed by atoms with Gasteiger partial charge in [-0.1, -0.05) is 0 Å². The largest absolute Gasteiger partial charge is 0.496 e. The zero-order valence-electron chi connectivity index (χ0n) is 13.0. The topological polar surface area (TPSA) is 38.8 Å². The molecule has 0 atom stereocenters. The maximum Gasteiger partial charge on any atom is 0.254 e. The Morgan fingerprint density at radius 1 is 1.23 bits per heavy atom. The van der Waals surface area contributed by atoms with Crippen molar-refractivity contribution in [2.45, 2.75) is 19.9 Å². The first kappa shape index (κ1) is 14.9. The molecule has 0 aliphatic carbocycles. The highest BCUT2D eigenvalue weighted by Crippen LogP contribution is 2.31. The van der Waals surface area contributed by atoms with Gasteiger partial charge in [-0.15, -0.1) is 11.3 Å². The standard InChI is InChI=1S/C17H19NO3S/c1-11-14(20-2)8-13(9-15(11)21-3)17(19)18-6-4-16-12(10-18)5-7-22-16/h5,7-9H,4,6,10H2,1-3H3. The van der Waals surface area contributed by atoms with E-state index in [-0.39, 0.29) is 5.91 Å². The first-order valence-electron chi connectivity index (χ1n) is 7.21. The SMILES string of the molecule is COc1cc(C(=O)N2CCc3sccc3C2)cc(OC)c1C. The summed E-state index contributed by atoms with van der Waals surface area (Å²) < 4.78 is 10.7. The summed E-state index contributed by atoms with van der Waals surface area (Å²) in [4.78, 5) is 16.1. The molecule has 22 heavy (non-hydrogen) atoms. The highest BCUT2D eigenvalue weighted by molar-refractivity contribution is 7.10. The van der Waals surface area contributed by atoms with Crippen molar-refractivity contribution in [2.24, 2.45) is 0 Å². The molecule has 0 saturated heterocycles. The Labute approximate surface area is 134 Å². The number of thiophene rings is 1. The van der Waals surface area contributed by atoms with E-state index in [2.05, 4.69) is 11.4 Å². The molecule has 116 valence electrons. The predicted octanol–water partition coefficient (Wildman–Crippen LogP) is 3.27. The molecule has 0 N–H and O–H groups in total. The Hall–Kier alpha value is -2.01. The first-order chi connectivity index (χ1) is 10.6. The third-order valence-electron chi connectivity index (χ3n) is 4.09. The fourth-order valence-electron chi connectivity index (χ4n) is 2.81. The molecule has 0 radical (unpaired) electrons. The number of hydrogen-bond acceptors (Lipinski definition) is 4. The molecular formula is C17H19NO3S. The van der Waals surface area contributed by atoms with Gasteiger partial charge in [0.05, 0.1) is 14.2 Å². The van der Waals surface area contributed by atoms with Crippen LogP contribution in [0.25, 0.3) is 0 Å². The quantitative estimate of drug-likeness (QED) is 0.872. The molecule has 0 fully saturated rings. The van der Waals surface area contributed by atoms with Gasteiger partial charge in [-0.3, -0.25) is 4.79 Å². The molecule has 1 aliphatic heterocycles. The molecule has 1 amide bonds. The van der Waals surface area contributed by atoms with E-state index in [1.807, 2.05) is 11.8 Å². The van der Waals surface area contributed by atoms with Gasteiger partial charge < -0.3 is 14.4 Å². The summed E-state index contributed by atoms with van der Waals surface area (Å²) in [6.45, 7) is 3.35. The molecule has 0 unspecified atom stereocenters. The molecule has 5 heteroatoms. The molecule has 0 spiro atoms. The van der Waals surface area contributed by atoms with Gasteiger partial charge in [-0.25, -0.2) is 0 Å². The molecule has 2 aromatic rings. The van der Waals surface area contributed by atoms with E-state index >= 15 is 0 Å². The minimum absolute atomic E-state index is 0.0217. The number of hydrogen-bond donors (Lipinski definition) is 0. The number of methoxy groups -OCH3 is 2. The van der Waals surface area contributed by atoms with E-state index in [1.54, 1.807) is 37.7 Å². The Kier molecular flexibility index (Phi) is 4.07. The molecular weight excluding hydrogens is 298 g/mol. The zero-order valence-corrected chi connectivity index (χ0v) is 13.8. The van der Waals surface area contributed by atoms with Crippen LogP contribution in [-0.4, -0.2) is 31.6 Å². The van der Waals surface area contributed by atoms with E-state index in [1.165, 1.54) is 10.4 Å². The van der Waals surface area contributed by atoms with E-state index in [0.717, 1.165) is 18.5 Å². The first-order valence-corrected chi connectivity index (χ1v) is 8.09. The second-order valence-corrected chi connectivity index (χ2v) is 6.35. The van der Waals surface area contributed by atoms with Gasteiger partial charge in [0.2, 0.25) is 0 Å². The van der Waals surface area contributed by atoms with Gasteiger partial charge in [0, 0.05) is 29.1 Å². The van der Waals surface area contributed by atoms with Crippen LogP contribution in [-0.2, 0) is 13.0 Å². The van der Waals surface area contributed by atoms with Crippen LogP contribution in [0.4, 0.5) is 0 Å². The Bertz CT molecular complexity index is 683. The van der Waals surface area contributed by atoms with Crippen molar-refractivity contribution in [1.82, 2.24) is 4.90 Å². The van der Waals surface area contributed by atoms with Crippen LogP contribution in [0.15, 0.2) is 23.6 Å². The average Bonchev–Trinajstić information content (AvgIpc) is 3.02. The van der Waals surface area contributed by atoms with Gasteiger partial charge in [-0.2, -0.15) is 0 Å². The summed E-state index contributed by atoms with van der Waals surface area (Å²) in [6, 6.07) is 5.70.